The standard InChI is InChI=1S/C28H40N4O3/c1-21(2)26(20-33)30-28(35)24-11-12-27-25(16-24)19-31(18-23-10-9-13-29-17-23)14-7-5-4-6-8-15-32(27)22(3)34/h9-13,16-17,21,26,33H,4-8,14-15,18-20H2,1-3H3,(H,30,35)/t26-/m1/s1. The predicted molar refractivity (Wildman–Crippen MR) is 139 cm³/mol. The Morgan fingerprint density at radius 2 is 1.83 bits per heavy atom. The van der Waals surface area contributed by atoms with Gasteiger partial charge in [-0.25, -0.2) is 0 Å². The molecule has 1 aliphatic rings. The Balaban J connectivity index is 1.96. The van der Waals surface area contributed by atoms with Crippen LogP contribution in [0.2, 0.25) is 0 Å². The van der Waals surface area contributed by atoms with Gasteiger partial charge in [0.25, 0.3) is 5.91 Å². The number of nitrogens with one attached hydrogen (secondary N) is 1. The monoisotopic (exact) mass is 480 g/mol. The third-order valence-electron chi connectivity index (χ3n) is 6.71. The molecule has 1 aliphatic heterocycles. The van der Waals surface area contributed by atoms with E-state index >= 15 is 0 Å². The van der Waals surface area contributed by atoms with Crippen molar-refractivity contribution in [2.24, 2.45) is 5.92 Å². The molecule has 0 saturated heterocycles. The van der Waals surface area contributed by atoms with Gasteiger partial charge in [0.1, 0.15) is 0 Å². The number of aromatic nitrogens is 1. The number of benzene rings is 1. The molecule has 0 fully saturated rings. The van der Waals surface area contributed by atoms with E-state index in [0.717, 1.165) is 55.6 Å². The van der Waals surface area contributed by atoms with Crippen LogP contribution in [0.4, 0.5) is 5.69 Å². The topological polar surface area (TPSA) is 85.8 Å². The number of fused-ring (bicyclic) bond motifs is 1. The molecule has 2 N–H and O–H groups in total. The van der Waals surface area contributed by atoms with Crippen LogP contribution in [0.5, 0.6) is 0 Å². The molecular weight excluding hydrogens is 440 g/mol. The van der Waals surface area contributed by atoms with E-state index in [1.807, 2.05) is 43.1 Å². The minimum absolute atomic E-state index is 0.0134. The summed E-state index contributed by atoms with van der Waals surface area (Å²) in [5.41, 5.74) is 3.51. The van der Waals surface area contributed by atoms with Crippen molar-refractivity contribution in [1.29, 1.82) is 0 Å². The third kappa shape index (κ3) is 7.87. The van der Waals surface area contributed by atoms with Crippen LogP contribution in [-0.2, 0) is 17.9 Å². The lowest BCUT2D eigenvalue weighted by Gasteiger charge is -2.29. The zero-order chi connectivity index (χ0) is 25.2. The van der Waals surface area contributed by atoms with E-state index in [1.165, 1.54) is 6.42 Å². The van der Waals surface area contributed by atoms with Gasteiger partial charge in [-0.2, -0.15) is 0 Å². The van der Waals surface area contributed by atoms with Gasteiger partial charge < -0.3 is 15.3 Å². The molecule has 190 valence electrons. The van der Waals surface area contributed by atoms with Crippen LogP contribution in [0, 0.1) is 5.92 Å². The summed E-state index contributed by atoms with van der Waals surface area (Å²) in [5, 5.41) is 12.6. The van der Waals surface area contributed by atoms with Gasteiger partial charge >= 0.3 is 0 Å². The second kappa shape index (κ2) is 13.4. The largest absolute Gasteiger partial charge is 0.394 e. The number of aliphatic hydroxyl groups is 1. The van der Waals surface area contributed by atoms with E-state index in [1.54, 1.807) is 19.2 Å². The molecule has 0 radical (unpaired) electrons. The molecule has 0 aliphatic carbocycles. The fraction of sp³-hybridized carbons (Fsp3) is 0.536. The first-order chi connectivity index (χ1) is 16.9. The number of amides is 2. The molecule has 7 heteroatoms. The van der Waals surface area contributed by atoms with E-state index in [4.69, 9.17) is 0 Å². The molecule has 1 atom stereocenters. The Bertz CT molecular complexity index is 964. The normalized spacial score (nSPS) is 16.7. The zero-order valence-electron chi connectivity index (χ0n) is 21.4. The van der Waals surface area contributed by atoms with Crippen molar-refractivity contribution in [2.45, 2.75) is 72.0 Å². The van der Waals surface area contributed by atoms with Crippen LogP contribution in [0.25, 0.3) is 0 Å². The SMILES string of the molecule is CC(=O)N1CCCCCCCN(Cc2cccnc2)Cc2cc(C(=O)N[C@H](CO)C(C)C)ccc21. The highest BCUT2D eigenvalue weighted by Crippen LogP contribution is 2.27. The number of carbonyl (C=O) groups is 2. The summed E-state index contributed by atoms with van der Waals surface area (Å²) in [7, 11) is 0. The number of pyridine rings is 1. The molecule has 2 aromatic rings. The molecule has 0 saturated carbocycles. The van der Waals surface area contributed by atoms with Crippen molar-refractivity contribution in [3.05, 3.63) is 59.4 Å². The number of anilines is 1. The average molecular weight is 481 g/mol. The smallest absolute Gasteiger partial charge is 0.251 e. The second-order valence-electron chi connectivity index (χ2n) is 9.86. The first-order valence-corrected chi connectivity index (χ1v) is 12.8. The Morgan fingerprint density at radius 3 is 2.49 bits per heavy atom. The van der Waals surface area contributed by atoms with Crippen LogP contribution in [0.1, 0.15) is 74.4 Å². The predicted octanol–water partition coefficient (Wildman–Crippen LogP) is 4.15. The molecule has 0 bridgehead atoms. The second-order valence-corrected chi connectivity index (χ2v) is 9.86. The first kappa shape index (κ1) is 26.8. The van der Waals surface area contributed by atoms with Crippen LogP contribution >= 0.6 is 0 Å². The Labute approximate surface area is 209 Å². The van der Waals surface area contributed by atoms with Gasteiger partial charge in [-0.3, -0.25) is 19.5 Å². The number of aliphatic hydroxyl groups excluding tert-OH is 1. The van der Waals surface area contributed by atoms with Crippen LogP contribution < -0.4 is 10.2 Å². The average Bonchev–Trinajstić information content (AvgIpc) is 2.83. The number of hydrogen-bond acceptors (Lipinski definition) is 5. The number of hydrogen-bond donors (Lipinski definition) is 2. The first-order valence-electron chi connectivity index (χ1n) is 12.8. The summed E-state index contributed by atoms with van der Waals surface area (Å²) in [4.78, 5) is 34.2. The fourth-order valence-electron chi connectivity index (χ4n) is 4.58. The lowest BCUT2D eigenvalue weighted by atomic mass is 10.0. The lowest BCUT2D eigenvalue weighted by Crippen LogP contribution is -2.41. The van der Waals surface area contributed by atoms with Crippen molar-refractivity contribution in [1.82, 2.24) is 15.2 Å². The number of nitrogens with zero attached hydrogens (tertiary/aromatic N) is 3. The minimum atomic E-state index is -0.306. The maximum Gasteiger partial charge on any atom is 0.251 e. The molecule has 0 spiro atoms. The Kier molecular flexibility index (Phi) is 10.2. The van der Waals surface area contributed by atoms with E-state index in [-0.39, 0.29) is 30.4 Å². The van der Waals surface area contributed by atoms with Gasteiger partial charge in [-0.1, -0.05) is 39.2 Å². The number of carbonyl (C=O) groups excluding carboxylic acids is 2. The van der Waals surface area contributed by atoms with Crippen LogP contribution in [0.15, 0.2) is 42.7 Å². The summed E-state index contributed by atoms with van der Waals surface area (Å²) in [6.07, 6.45) is 9.17. The highest BCUT2D eigenvalue weighted by atomic mass is 16.3. The quantitative estimate of drug-likeness (QED) is 0.649. The highest BCUT2D eigenvalue weighted by molar-refractivity contribution is 5.97. The van der Waals surface area contributed by atoms with Gasteiger partial charge in [-0.05, 0) is 60.7 Å². The summed E-state index contributed by atoms with van der Waals surface area (Å²) in [6, 6.07) is 9.33. The summed E-state index contributed by atoms with van der Waals surface area (Å²) < 4.78 is 0. The molecule has 1 aromatic heterocycles. The Morgan fingerprint density at radius 1 is 1.09 bits per heavy atom. The van der Waals surface area contributed by atoms with Gasteiger partial charge in [-0.15, -0.1) is 0 Å². The Hall–Kier alpha value is -2.77. The summed E-state index contributed by atoms with van der Waals surface area (Å²) in [5.74, 6) is -0.0734. The lowest BCUT2D eigenvalue weighted by molar-refractivity contribution is -0.116. The van der Waals surface area contributed by atoms with E-state index in [9.17, 15) is 14.7 Å². The van der Waals surface area contributed by atoms with Crippen LogP contribution in [0.3, 0.4) is 0 Å². The van der Waals surface area contributed by atoms with Gasteiger partial charge in [0.05, 0.1) is 12.6 Å². The molecular formula is C28H40N4O3. The summed E-state index contributed by atoms with van der Waals surface area (Å²) in [6.45, 7) is 8.44. The van der Waals surface area contributed by atoms with Crippen molar-refractivity contribution < 1.29 is 14.7 Å². The molecule has 35 heavy (non-hydrogen) atoms. The molecule has 1 aromatic carbocycles. The number of rotatable bonds is 6. The van der Waals surface area contributed by atoms with E-state index in [2.05, 4.69) is 21.3 Å². The van der Waals surface area contributed by atoms with Crippen molar-refractivity contribution in [3.63, 3.8) is 0 Å². The summed E-state index contributed by atoms with van der Waals surface area (Å²) >= 11 is 0. The maximum absolute atomic E-state index is 13.0. The molecule has 2 amide bonds. The van der Waals surface area contributed by atoms with E-state index < -0.39 is 0 Å². The molecule has 7 nitrogen and oxygen atoms in total. The van der Waals surface area contributed by atoms with Gasteiger partial charge in [0.2, 0.25) is 5.91 Å². The van der Waals surface area contributed by atoms with Crippen molar-refractivity contribution in [3.8, 4) is 0 Å². The van der Waals surface area contributed by atoms with Crippen molar-refractivity contribution >= 4 is 17.5 Å². The van der Waals surface area contributed by atoms with Gasteiger partial charge in [0, 0.05) is 50.2 Å². The highest BCUT2D eigenvalue weighted by Gasteiger charge is 2.22. The fourth-order valence-corrected chi connectivity index (χ4v) is 4.58. The van der Waals surface area contributed by atoms with Gasteiger partial charge in [0.15, 0.2) is 0 Å². The third-order valence-corrected chi connectivity index (χ3v) is 6.71. The maximum atomic E-state index is 13.0. The van der Waals surface area contributed by atoms with Crippen molar-refractivity contribution in [2.75, 3.05) is 24.6 Å². The zero-order valence-corrected chi connectivity index (χ0v) is 21.4. The molecule has 2 heterocycles. The minimum Gasteiger partial charge on any atom is -0.394 e. The molecule has 3 rings (SSSR count). The van der Waals surface area contributed by atoms with E-state index in [0.29, 0.717) is 18.7 Å². The molecule has 0 unspecified atom stereocenters. The van der Waals surface area contributed by atoms with Crippen LogP contribution in [-0.4, -0.2) is 52.5 Å².